The van der Waals surface area contributed by atoms with Crippen LogP contribution in [-0.4, -0.2) is 45.1 Å². The smallest absolute Gasteiger partial charge is 0.100 e. The molecular formula is C17H23N5O. The third kappa shape index (κ3) is 3.28. The molecule has 6 nitrogen and oxygen atoms in total. The summed E-state index contributed by atoms with van der Waals surface area (Å²) in [6.45, 7) is 4.38. The van der Waals surface area contributed by atoms with Crippen molar-refractivity contribution in [2.45, 2.75) is 38.4 Å². The van der Waals surface area contributed by atoms with Crippen LogP contribution in [0.25, 0.3) is 0 Å². The maximum atomic E-state index is 5.47. The zero-order chi connectivity index (χ0) is 15.6. The molecule has 0 radical (unpaired) electrons. The Balaban J connectivity index is 1.54. The van der Waals surface area contributed by atoms with Crippen molar-refractivity contribution >= 4 is 0 Å². The van der Waals surface area contributed by atoms with Crippen LogP contribution < -0.4 is 0 Å². The van der Waals surface area contributed by atoms with Crippen LogP contribution >= 0.6 is 0 Å². The average Bonchev–Trinajstić information content (AvgIpc) is 3.28. The van der Waals surface area contributed by atoms with Gasteiger partial charge in [0.1, 0.15) is 5.69 Å². The van der Waals surface area contributed by atoms with E-state index in [9.17, 15) is 0 Å². The zero-order valence-electron chi connectivity index (χ0n) is 13.6. The van der Waals surface area contributed by atoms with E-state index in [1.165, 1.54) is 18.5 Å². The first kappa shape index (κ1) is 14.8. The maximum absolute atomic E-state index is 5.47. The predicted octanol–water partition coefficient (Wildman–Crippen LogP) is 1.83. The maximum Gasteiger partial charge on any atom is 0.100 e. The second kappa shape index (κ2) is 6.37. The SMILES string of the molecule is COC[C@H]1CN(Cc2ccccn2)Cc2nnn(CC3CC3)c21. The second-order valence-corrected chi connectivity index (χ2v) is 6.69. The van der Waals surface area contributed by atoms with E-state index in [1.54, 1.807) is 7.11 Å². The van der Waals surface area contributed by atoms with E-state index in [2.05, 4.69) is 30.9 Å². The number of pyridine rings is 1. The first-order chi connectivity index (χ1) is 11.3. The van der Waals surface area contributed by atoms with Crippen molar-refractivity contribution in [3.63, 3.8) is 0 Å². The van der Waals surface area contributed by atoms with Crippen LogP contribution in [0.2, 0.25) is 0 Å². The molecule has 2 aliphatic rings. The molecule has 1 aliphatic carbocycles. The molecule has 3 heterocycles. The first-order valence-electron chi connectivity index (χ1n) is 8.37. The van der Waals surface area contributed by atoms with Crippen LogP contribution in [0.15, 0.2) is 24.4 Å². The highest BCUT2D eigenvalue weighted by Gasteiger charge is 2.32. The van der Waals surface area contributed by atoms with E-state index >= 15 is 0 Å². The lowest BCUT2D eigenvalue weighted by molar-refractivity contribution is 0.130. The molecule has 1 saturated carbocycles. The van der Waals surface area contributed by atoms with Gasteiger partial charge in [0.15, 0.2) is 0 Å². The third-order valence-corrected chi connectivity index (χ3v) is 4.69. The number of ether oxygens (including phenoxy) is 1. The normalized spacial score (nSPS) is 21.3. The molecule has 2 aromatic heterocycles. The van der Waals surface area contributed by atoms with Crippen molar-refractivity contribution < 1.29 is 4.74 Å². The van der Waals surface area contributed by atoms with E-state index in [0.717, 1.165) is 43.5 Å². The van der Waals surface area contributed by atoms with Gasteiger partial charge in [0.2, 0.25) is 0 Å². The molecule has 23 heavy (non-hydrogen) atoms. The summed E-state index contributed by atoms with van der Waals surface area (Å²) in [6, 6.07) is 6.07. The molecule has 0 saturated heterocycles. The van der Waals surface area contributed by atoms with Crippen molar-refractivity contribution in [3.05, 3.63) is 41.5 Å². The molecule has 0 amide bonds. The molecule has 1 fully saturated rings. The Bertz CT molecular complexity index is 652. The van der Waals surface area contributed by atoms with Gasteiger partial charge in [-0.1, -0.05) is 11.3 Å². The summed E-state index contributed by atoms with van der Waals surface area (Å²) >= 11 is 0. The molecule has 0 aromatic carbocycles. The van der Waals surface area contributed by atoms with Gasteiger partial charge in [-0.15, -0.1) is 5.10 Å². The average molecular weight is 313 g/mol. The molecule has 0 N–H and O–H groups in total. The number of hydrogen-bond acceptors (Lipinski definition) is 5. The van der Waals surface area contributed by atoms with Crippen LogP contribution in [0.5, 0.6) is 0 Å². The van der Waals surface area contributed by atoms with Gasteiger partial charge >= 0.3 is 0 Å². The van der Waals surface area contributed by atoms with Gasteiger partial charge in [-0.05, 0) is 30.9 Å². The molecule has 1 aliphatic heterocycles. The first-order valence-corrected chi connectivity index (χ1v) is 8.37. The summed E-state index contributed by atoms with van der Waals surface area (Å²) in [6.07, 6.45) is 4.51. The van der Waals surface area contributed by atoms with Crippen molar-refractivity contribution in [1.29, 1.82) is 0 Å². The highest BCUT2D eigenvalue weighted by molar-refractivity contribution is 5.20. The van der Waals surface area contributed by atoms with E-state index in [0.29, 0.717) is 12.5 Å². The minimum absolute atomic E-state index is 0.334. The molecule has 1 atom stereocenters. The number of aromatic nitrogens is 4. The lowest BCUT2D eigenvalue weighted by Crippen LogP contribution is -2.36. The lowest BCUT2D eigenvalue weighted by atomic mass is 9.98. The number of hydrogen-bond donors (Lipinski definition) is 0. The summed E-state index contributed by atoms with van der Waals surface area (Å²) < 4.78 is 7.60. The molecule has 6 heteroatoms. The highest BCUT2D eigenvalue weighted by atomic mass is 16.5. The fraction of sp³-hybridized carbons (Fsp3) is 0.588. The summed E-state index contributed by atoms with van der Waals surface area (Å²) in [7, 11) is 1.77. The van der Waals surface area contributed by atoms with Crippen LogP contribution in [-0.2, 0) is 24.4 Å². The Hall–Kier alpha value is -1.79. The summed E-state index contributed by atoms with van der Waals surface area (Å²) in [5.41, 5.74) is 3.49. The van der Waals surface area contributed by atoms with Gasteiger partial charge in [0, 0.05) is 45.4 Å². The minimum atomic E-state index is 0.334. The Kier molecular flexibility index (Phi) is 4.10. The van der Waals surface area contributed by atoms with Gasteiger partial charge < -0.3 is 4.74 Å². The van der Waals surface area contributed by atoms with Gasteiger partial charge in [0.25, 0.3) is 0 Å². The van der Waals surface area contributed by atoms with E-state index in [-0.39, 0.29) is 0 Å². The molecule has 0 bridgehead atoms. The minimum Gasteiger partial charge on any atom is -0.384 e. The van der Waals surface area contributed by atoms with Crippen molar-refractivity contribution in [2.24, 2.45) is 5.92 Å². The quantitative estimate of drug-likeness (QED) is 0.814. The lowest BCUT2D eigenvalue weighted by Gasteiger charge is -2.32. The Morgan fingerprint density at radius 3 is 2.96 bits per heavy atom. The summed E-state index contributed by atoms with van der Waals surface area (Å²) in [5.74, 6) is 1.14. The fourth-order valence-corrected chi connectivity index (χ4v) is 3.44. The predicted molar refractivity (Wildman–Crippen MR) is 85.7 cm³/mol. The molecular weight excluding hydrogens is 290 g/mol. The van der Waals surface area contributed by atoms with Gasteiger partial charge in [-0.3, -0.25) is 9.88 Å². The topological polar surface area (TPSA) is 56.1 Å². The molecule has 4 rings (SSSR count). The van der Waals surface area contributed by atoms with Crippen LogP contribution in [0.3, 0.4) is 0 Å². The molecule has 0 unspecified atom stereocenters. The van der Waals surface area contributed by atoms with Crippen LogP contribution in [0.1, 0.15) is 35.8 Å². The Morgan fingerprint density at radius 1 is 1.30 bits per heavy atom. The van der Waals surface area contributed by atoms with Crippen molar-refractivity contribution in [1.82, 2.24) is 24.9 Å². The molecule has 122 valence electrons. The molecule has 2 aromatic rings. The standard InChI is InChI=1S/C17H23N5O/c1-23-12-14-9-21(10-15-4-2-3-7-18-15)11-16-17(14)22(20-19-16)8-13-5-6-13/h2-4,7,13-14H,5-6,8-12H2,1H3/t14-/m1/s1. The third-order valence-electron chi connectivity index (χ3n) is 4.69. The highest BCUT2D eigenvalue weighted by Crippen LogP contribution is 2.34. The monoisotopic (exact) mass is 313 g/mol. The van der Waals surface area contributed by atoms with Crippen LogP contribution in [0, 0.1) is 5.92 Å². The number of nitrogens with zero attached hydrogens (tertiary/aromatic N) is 5. The zero-order valence-corrected chi connectivity index (χ0v) is 13.6. The fourth-order valence-electron chi connectivity index (χ4n) is 3.44. The summed E-state index contributed by atoms with van der Waals surface area (Å²) in [4.78, 5) is 6.83. The molecule has 0 spiro atoms. The van der Waals surface area contributed by atoms with Crippen molar-refractivity contribution in [2.75, 3.05) is 20.3 Å². The van der Waals surface area contributed by atoms with Crippen LogP contribution in [0.4, 0.5) is 0 Å². The van der Waals surface area contributed by atoms with E-state index in [4.69, 9.17) is 4.74 Å². The van der Waals surface area contributed by atoms with E-state index in [1.807, 2.05) is 18.3 Å². The summed E-state index contributed by atoms with van der Waals surface area (Å²) in [5, 5.41) is 8.88. The number of fused-ring (bicyclic) bond motifs is 1. The number of methoxy groups -OCH3 is 1. The van der Waals surface area contributed by atoms with Gasteiger partial charge in [-0.25, -0.2) is 4.68 Å². The Morgan fingerprint density at radius 2 is 2.22 bits per heavy atom. The largest absolute Gasteiger partial charge is 0.384 e. The van der Waals surface area contributed by atoms with Gasteiger partial charge in [0.05, 0.1) is 18.0 Å². The van der Waals surface area contributed by atoms with Crippen molar-refractivity contribution in [3.8, 4) is 0 Å². The van der Waals surface area contributed by atoms with Gasteiger partial charge in [-0.2, -0.15) is 0 Å². The second-order valence-electron chi connectivity index (χ2n) is 6.69. The van der Waals surface area contributed by atoms with E-state index < -0.39 is 0 Å². The Labute approximate surface area is 136 Å². The number of rotatable bonds is 6.